The topological polar surface area (TPSA) is 61.4 Å². The molecule has 0 radical (unpaired) electrons. The lowest BCUT2D eigenvalue weighted by Crippen LogP contribution is -2.40. The number of nitrogens with zero attached hydrogens (tertiary/aromatic N) is 1. The number of rotatable bonds is 10. The zero-order chi connectivity index (χ0) is 14.2. The summed E-state index contributed by atoms with van der Waals surface area (Å²) in [5.74, 6) is 0.508. The van der Waals surface area contributed by atoms with E-state index in [2.05, 4.69) is 37.7 Å². The van der Waals surface area contributed by atoms with Crippen LogP contribution in [0.5, 0.6) is 0 Å². The first-order valence-electron chi connectivity index (χ1n) is 6.70. The molecule has 0 bridgehead atoms. The summed E-state index contributed by atoms with van der Waals surface area (Å²) in [6.07, 6.45) is 1.68. The normalized spacial score (nSPS) is 12.9. The van der Waals surface area contributed by atoms with Gasteiger partial charge in [-0.1, -0.05) is 27.7 Å². The maximum absolute atomic E-state index is 11.8. The molecule has 5 nitrogen and oxygen atoms in total. The standard InChI is InChI=1S/C12H29N3O2S/c1-11(2)7-9-14-18(16,17)15(5)10-6-8-13-12(3)4/h11-14H,6-10H2,1-5H3. The molecule has 6 heteroatoms. The first kappa shape index (κ1) is 17.8. The van der Waals surface area contributed by atoms with Crippen molar-refractivity contribution in [3.63, 3.8) is 0 Å². The minimum Gasteiger partial charge on any atom is -0.314 e. The summed E-state index contributed by atoms with van der Waals surface area (Å²) in [6, 6.07) is 0.441. The van der Waals surface area contributed by atoms with Crippen molar-refractivity contribution < 1.29 is 8.42 Å². The van der Waals surface area contributed by atoms with Crippen LogP contribution >= 0.6 is 0 Å². The summed E-state index contributed by atoms with van der Waals surface area (Å²) in [6.45, 7) is 10.2. The van der Waals surface area contributed by atoms with Crippen molar-refractivity contribution in [1.82, 2.24) is 14.3 Å². The molecule has 110 valence electrons. The Labute approximate surface area is 113 Å². The van der Waals surface area contributed by atoms with E-state index in [-0.39, 0.29) is 0 Å². The highest BCUT2D eigenvalue weighted by molar-refractivity contribution is 7.87. The van der Waals surface area contributed by atoms with E-state index in [0.717, 1.165) is 19.4 Å². The lowest BCUT2D eigenvalue weighted by molar-refractivity contribution is 0.436. The molecule has 0 unspecified atom stereocenters. The maximum atomic E-state index is 11.8. The van der Waals surface area contributed by atoms with Gasteiger partial charge >= 0.3 is 0 Å². The summed E-state index contributed by atoms with van der Waals surface area (Å²) >= 11 is 0. The van der Waals surface area contributed by atoms with Crippen molar-refractivity contribution in [2.24, 2.45) is 5.92 Å². The van der Waals surface area contributed by atoms with Crippen LogP contribution in [0, 0.1) is 5.92 Å². The van der Waals surface area contributed by atoms with Crippen LogP contribution in [-0.2, 0) is 10.2 Å². The quantitative estimate of drug-likeness (QED) is 0.591. The molecule has 0 aromatic heterocycles. The van der Waals surface area contributed by atoms with Crippen LogP contribution < -0.4 is 10.0 Å². The highest BCUT2D eigenvalue weighted by atomic mass is 32.2. The molecule has 0 saturated carbocycles. The minimum atomic E-state index is -3.30. The molecular formula is C12H29N3O2S. The molecule has 0 aliphatic carbocycles. The van der Waals surface area contributed by atoms with Gasteiger partial charge in [-0.15, -0.1) is 0 Å². The Hall–Kier alpha value is -0.170. The summed E-state index contributed by atoms with van der Waals surface area (Å²) < 4.78 is 27.7. The molecule has 0 spiro atoms. The van der Waals surface area contributed by atoms with Crippen molar-refractivity contribution >= 4 is 10.2 Å². The van der Waals surface area contributed by atoms with E-state index in [4.69, 9.17) is 0 Å². The Morgan fingerprint density at radius 1 is 1.11 bits per heavy atom. The molecule has 0 aliphatic heterocycles. The van der Waals surface area contributed by atoms with Crippen molar-refractivity contribution in [2.75, 3.05) is 26.7 Å². The smallest absolute Gasteiger partial charge is 0.279 e. The molecule has 0 aliphatic rings. The van der Waals surface area contributed by atoms with Gasteiger partial charge in [0.05, 0.1) is 0 Å². The predicted molar refractivity (Wildman–Crippen MR) is 76.8 cm³/mol. The Kier molecular flexibility index (Phi) is 8.77. The lowest BCUT2D eigenvalue weighted by atomic mass is 10.1. The van der Waals surface area contributed by atoms with Gasteiger partial charge in [0.25, 0.3) is 10.2 Å². The van der Waals surface area contributed by atoms with E-state index in [9.17, 15) is 8.42 Å². The minimum absolute atomic E-state index is 0.441. The van der Waals surface area contributed by atoms with Crippen molar-refractivity contribution in [1.29, 1.82) is 0 Å². The van der Waals surface area contributed by atoms with Gasteiger partial charge in [0.15, 0.2) is 0 Å². The van der Waals surface area contributed by atoms with Crippen LogP contribution in [0.1, 0.15) is 40.5 Å². The average molecular weight is 279 g/mol. The van der Waals surface area contributed by atoms with Gasteiger partial charge < -0.3 is 5.32 Å². The lowest BCUT2D eigenvalue weighted by Gasteiger charge is -2.18. The highest BCUT2D eigenvalue weighted by Gasteiger charge is 2.16. The summed E-state index contributed by atoms with van der Waals surface area (Å²) in [5.41, 5.74) is 0. The third-order valence-electron chi connectivity index (χ3n) is 2.62. The Morgan fingerprint density at radius 3 is 2.22 bits per heavy atom. The molecule has 0 fully saturated rings. The van der Waals surface area contributed by atoms with E-state index < -0.39 is 10.2 Å². The van der Waals surface area contributed by atoms with E-state index in [1.54, 1.807) is 7.05 Å². The molecule has 0 rings (SSSR count). The van der Waals surface area contributed by atoms with Gasteiger partial charge in [0.1, 0.15) is 0 Å². The molecule has 2 N–H and O–H groups in total. The van der Waals surface area contributed by atoms with Crippen molar-refractivity contribution in [2.45, 2.75) is 46.6 Å². The van der Waals surface area contributed by atoms with E-state index in [0.29, 0.717) is 25.0 Å². The van der Waals surface area contributed by atoms with E-state index in [1.807, 2.05) is 0 Å². The van der Waals surface area contributed by atoms with E-state index >= 15 is 0 Å². The van der Waals surface area contributed by atoms with Crippen molar-refractivity contribution in [3.8, 4) is 0 Å². The van der Waals surface area contributed by atoms with Gasteiger partial charge in [-0.25, -0.2) is 4.72 Å². The third kappa shape index (κ3) is 8.85. The Morgan fingerprint density at radius 2 is 1.72 bits per heavy atom. The fourth-order valence-corrected chi connectivity index (χ4v) is 2.37. The Bertz CT molecular complexity index is 302. The molecule has 0 atom stereocenters. The number of hydrogen-bond donors (Lipinski definition) is 2. The molecule has 0 saturated heterocycles. The molecule has 0 aromatic rings. The van der Waals surface area contributed by atoms with Gasteiger partial charge in [0.2, 0.25) is 0 Å². The molecule has 0 aromatic carbocycles. The van der Waals surface area contributed by atoms with Crippen LogP contribution in [0.15, 0.2) is 0 Å². The van der Waals surface area contributed by atoms with Crippen LogP contribution in [0.4, 0.5) is 0 Å². The second-order valence-corrected chi connectivity index (χ2v) is 7.23. The fraction of sp³-hybridized carbons (Fsp3) is 1.00. The fourth-order valence-electron chi connectivity index (χ4n) is 1.40. The maximum Gasteiger partial charge on any atom is 0.279 e. The monoisotopic (exact) mass is 279 g/mol. The van der Waals surface area contributed by atoms with Gasteiger partial charge in [-0.3, -0.25) is 0 Å². The first-order valence-corrected chi connectivity index (χ1v) is 8.14. The average Bonchev–Trinajstić information content (AvgIpc) is 2.22. The number of nitrogens with one attached hydrogen (secondary N) is 2. The highest BCUT2D eigenvalue weighted by Crippen LogP contribution is 2.00. The largest absolute Gasteiger partial charge is 0.314 e. The Balaban J connectivity index is 3.88. The molecular weight excluding hydrogens is 250 g/mol. The van der Waals surface area contributed by atoms with Gasteiger partial charge in [-0.2, -0.15) is 12.7 Å². The van der Waals surface area contributed by atoms with Crippen LogP contribution in [0.25, 0.3) is 0 Å². The van der Waals surface area contributed by atoms with Crippen LogP contribution in [-0.4, -0.2) is 45.4 Å². The third-order valence-corrected chi connectivity index (χ3v) is 4.19. The van der Waals surface area contributed by atoms with Gasteiger partial charge in [-0.05, 0) is 25.3 Å². The van der Waals surface area contributed by atoms with Crippen LogP contribution in [0.3, 0.4) is 0 Å². The second-order valence-electron chi connectivity index (χ2n) is 5.37. The summed E-state index contributed by atoms with van der Waals surface area (Å²) in [4.78, 5) is 0. The molecule has 0 amide bonds. The van der Waals surface area contributed by atoms with Crippen LogP contribution in [0.2, 0.25) is 0 Å². The molecule has 0 heterocycles. The zero-order valence-corrected chi connectivity index (χ0v) is 13.2. The SMILES string of the molecule is CC(C)CCNS(=O)(=O)N(C)CCCNC(C)C. The zero-order valence-electron chi connectivity index (χ0n) is 12.4. The van der Waals surface area contributed by atoms with Crippen molar-refractivity contribution in [3.05, 3.63) is 0 Å². The number of hydrogen-bond acceptors (Lipinski definition) is 3. The first-order chi connectivity index (χ1) is 8.25. The van der Waals surface area contributed by atoms with E-state index in [1.165, 1.54) is 4.31 Å². The summed E-state index contributed by atoms with van der Waals surface area (Å²) in [7, 11) is -1.68. The molecule has 18 heavy (non-hydrogen) atoms. The van der Waals surface area contributed by atoms with Gasteiger partial charge in [0, 0.05) is 26.2 Å². The predicted octanol–water partition coefficient (Wildman–Crippen LogP) is 1.19. The summed E-state index contributed by atoms with van der Waals surface area (Å²) in [5, 5.41) is 3.27. The second kappa shape index (κ2) is 8.85.